The number of benzene rings is 3. The minimum atomic E-state index is 0.477. The molecular formula is C22H21NO. The average molecular weight is 315 g/mol. The van der Waals surface area contributed by atoms with Crippen molar-refractivity contribution in [3.63, 3.8) is 0 Å². The lowest BCUT2D eigenvalue weighted by Gasteiger charge is -2.10. The van der Waals surface area contributed by atoms with Crippen molar-refractivity contribution in [3.8, 4) is 5.75 Å². The summed E-state index contributed by atoms with van der Waals surface area (Å²) < 4.78 is 5.81. The van der Waals surface area contributed by atoms with E-state index in [1.165, 1.54) is 10.9 Å². The Kier molecular flexibility index (Phi) is 5.07. The van der Waals surface area contributed by atoms with Crippen LogP contribution in [0.4, 0.5) is 5.69 Å². The van der Waals surface area contributed by atoms with Crippen LogP contribution < -0.4 is 4.74 Å². The van der Waals surface area contributed by atoms with E-state index in [1.807, 2.05) is 36.5 Å². The highest BCUT2D eigenvalue weighted by molar-refractivity contribution is 6.03. The van der Waals surface area contributed by atoms with Gasteiger partial charge >= 0.3 is 0 Å². The summed E-state index contributed by atoms with van der Waals surface area (Å²) in [6, 6.07) is 20.7. The van der Waals surface area contributed by atoms with E-state index in [0.29, 0.717) is 6.61 Å². The zero-order chi connectivity index (χ0) is 16.8. The van der Waals surface area contributed by atoms with Gasteiger partial charge in [0, 0.05) is 11.8 Å². The second kappa shape index (κ2) is 7.60. The number of hydrogen-bond acceptors (Lipinski definition) is 2. The molecule has 2 nitrogen and oxygen atoms in total. The first kappa shape index (κ1) is 16.0. The van der Waals surface area contributed by atoms with Crippen molar-refractivity contribution < 1.29 is 4.74 Å². The third-order valence-corrected chi connectivity index (χ3v) is 3.97. The van der Waals surface area contributed by atoms with E-state index >= 15 is 0 Å². The highest BCUT2D eigenvalue weighted by Crippen LogP contribution is 2.27. The minimum Gasteiger partial charge on any atom is -0.489 e. The fourth-order valence-electron chi connectivity index (χ4n) is 2.64. The molecule has 0 spiro atoms. The van der Waals surface area contributed by atoms with E-state index in [-0.39, 0.29) is 0 Å². The average Bonchev–Trinajstić information content (AvgIpc) is 2.65. The summed E-state index contributed by atoms with van der Waals surface area (Å²) in [4.78, 5) is 4.64. The molecule has 120 valence electrons. The van der Waals surface area contributed by atoms with Crippen LogP contribution in [0, 0.1) is 0 Å². The number of ether oxygens (including phenoxy) is 1. The number of fused-ring (bicyclic) bond motifs is 1. The highest BCUT2D eigenvalue weighted by atomic mass is 16.5. The van der Waals surface area contributed by atoms with Crippen LogP contribution >= 0.6 is 0 Å². The topological polar surface area (TPSA) is 21.6 Å². The van der Waals surface area contributed by atoms with Crippen molar-refractivity contribution >= 4 is 22.7 Å². The number of aryl methyl sites for hydroxylation is 1. The van der Waals surface area contributed by atoms with Crippen LogP contribution in [0.1, 0.15) is 18.1 Å². The molecule has 3 aromatic carbocycles. The third-order valence-electron chi connectivity index (χ3n) is 3.97. The van der Waals surface area contributed by atoms with Crippen LogP contribution in [0.15, 0.2) is 78.3 Å². The molecule has 0 aliphatic heterocycles. The summed E-state index contributed by atoms with van der Waals surface area (Å²) in [6.07, 6.45) is 4.67. The molecule has 0 amide bonds. The molecule has 0 heterocycles. The van der Waals surface area contributed by atoms with Gasteiger partial charge in [0.1, 0.15) is 12.4 Å². The predicted molar refractivity (Wildman–Crippen MR) is 103 cm³/mol. The van der Waals surface area contributed by atoms with Gasteiger partial charge in [0.15, 0.2) is 0 Å². The molecule has 0 aliphatic rings. The first-order valence-corrected chi connectivity index (χ1v) is 8.20. The largest absolute Gasteiger partial charge is 0.489 e. The van der Waals surface area contributed by atoms with Gasteiger partial charge in [0.05, 0.1) is 5.69 Å². The molecule has 0 saturated carbocycles. The van der Waals surface area contributed by atoms with Gasteiger partial charge in [0.2, 0.25) is 0 Å². The Morgan fingerprint density at radius 1 is 1.00 bits per heavy atom. The van der Waals surface area contributed by atoms with Gasteiger partial charge in [0.25, 0.3) is 0 Å². The Hall–Kier alpha value is -2.87. The van der Waals surface area contributed by atoms with Crippen molar-refractivity contribution in [1.29, 1.82) is 0 Å². The lowest BCUT2D eigenvalue weighted by Crippen LogP contribution is -1.98. The van der Waals surface area contributed by atoms with Crippen molar-refractivity contribution in [2.45, 2.75) is 13.3 Å². The molecule has 0 unspecified atom stereocenters. The van der Waals surface area contributed by atoms with Gasteiger partial charge in [-0.1, -0.05) is 62.0 Å². The van der Waals surface area contributed by atoms with E-state index in [9.17, 15) is 0 Å². The quantitative estimate of drug-likeness (QED) is 0.421. The van der Waals surface area contributed by atoms with Crippen LogP contribution in [0.5, 0.6) is 5.75 Å². The van der Waals surface area contributed by atoms with E-state index in [4.69, 9.17) is 4.74 Å². The molecule has 0 aromatic heterocycles. The molecule has 0 fully saturated rings. The standard InChI is InChI=1S/C22H21NO/c1-3-15-24-22-14-11-18-7-5-6-8-20(18)21(22)16-23-19-12-9-17(4-2)10-13-19/h3,5-14,16H,1,4,15H2,2H3. The van der Waals surface area contributed by atoms with Gasteiger partial charge in [-0.25, -0.2) is 0 Å². The molecule has 0 atom stereocenters. The first-order valence-electron chi connectivity index (χ1n) is 8.20. The Labute approximate surface area is 143 Å². The monoisotopic (exact) mass is 315 g/mol. The molecule has 0 aliphatic carbocycles. The van der Waals surface area contributed by atoms with E-state index < -0.39 is 0 Å². The molecule has 0 N–H and O–H groups in total. The van der Waals surface area contributed by atoms with Crippen LogP contribution in [0.2, 0.25) is 0 Å². The molecular weight excluding hydrogens is 294 g/mol. The first-order chi connectivity index (χ1) is 11.8. The Morgan fingerprint density at radius 3 is 2.54 bits per heavy atom. The summed E-state index contributed by atoms with van der Waals surface area (Å²) in [5.74, 6) is 0.822. The number of rotatable bonds is 6. The maximum absolute atomic E-state index is 5.81. The van der Waals surface area contributed by atoms with Crippen LogP contribution in [0.25, 0.3) is 10.8 Å². The summed E-state index contributed by atoms with van der Waals surface area (Å²) in [5, 5.41) is 2.30. The van der Waals surface area contributed by atoms with Crippen molar-refractivity contribution in [2.24, 2.45) is 4.99 Å². The van der Waals surface area contributed by atoms with Gasteiger partial charge < -0.3 is 4.74 Å². The summed E-state index contributed by atoms with van der Waals surface area (Å²) in [7, 11) is 0. The number of hydrogen-bond donors (Lipinski definition) is 0. The summed E-state index contributed by atoms with van der Waals surface area (Å²) in [6.45, 7) is 6.35. The van der Waals surface area contributed by atoms with Gasteiger partial charge in [-0.2, -0.15) is 0 Å². The zero-order valence-electron chi connectivity index (χ0n) is 13.9. The Bertz CT molecular complexity index is 863. The van der Waals surface area contributed by atoms with Crippen LogP contribution in [-0.2, 0) is 6.42 Å². The molecule has 24 heavy (non-hydrogen) atoms. The van der Waals surface area contributed by atoms with Crippen molar-refractivity contribution in [1.82, 2.24) is 0 Å². The van der Waals surface area contributed by atoms with Gasteiger partial charge in [-0.3, -0.25) is 4.99 Å². The second-order valence-corrected chi connectivity index (χ2v) is 5.58. The minimum absolute atomic E-state index is 0.477. The number of nitrogens with zero attached hydrogens (tertiary/aromatic N) is 1. The fourth-order valence-corrected chi connectivity index (χ4v) is 2.64. The molecule has 3 rings (SSSR count). The van der Waals surface area contributed by atoms with E-state index in [0.717, 1.165) is 28.8 Å². The van der Waals surface area contributed by atoms with Crippen LogP contribution in [0.3, 0.4) is 0 Å². The molecule has 3 aromatic rings. The summed E-state index contributed by atoms with van der Waals surface area (Å²) >= 11 is 0. The van der Waals surface area contributed by atoms with Gasteiger partial charge in [-0.15, -0.1) is 0 Å². The second-order valence-electron chi connectivity index (χ2n) is 5.58. The summed E-state index contributed by atoms with van der Waals surface area (Å²) in [5.41, 5.74) is 3.25. The SMILES string of the molecule is C=CCOc1ccc2ccccc2c1C=Nc1ccc(CC)cc1. The predicted octanol–water partition coefficient (Wildman–Crippen LogP) is 5.72. The zero-order valence-corrected chi connectivity index (χ0v) is 13.9. The molecule has 0 saturated heterocycles. The van der Waals surface area contributed by atoms with E-state index in [2.05, 4.69) is 48.8 Å². The molecule has 2 heteroatoms. The molecule has 0 bridgehead atoms. The smallest absolute Gasteiger partial charge is 0.129 e. The lowest BCUT2D eigenvalue weighted by molar-refractivity contribution is 0.363. The maximum Gasteiger partial charge on any atom is 0.129 e. The Morgan fingerprint density at radius 2 is 1.79 bits per heavy atom. The highest BCUT2D eigenvalue weighted by Gasteiger charge is 2.06. The van der Waals surface area contributed by atoms with E-state index in [1.54, 1.807) is 6.08 Å². The molecule has 0 radical (unpaired) electrons. The van der Waals surface area contributed by atoms with Crippen molar-refractivity contribution in [2.75, 3.05) is 6.61 Å². The van der Waals surface area contributed by atoms with Crippen LogP contribution in [-0.4, -0.2) is 12.8 Å². The van der Waals surface area contributed by atoms with Crippen molar-refractivity contribution in [3.05, 3.63) is 84.4 Å². The van der Waals surface area contributed by atoms with Gasteiger partial charge in [-0.05, 0) is 41.0 Å². The Balaban J connectivity index is 2.01. The maximum atomic E-state index is 5.81. The normalized spacial score (nSPS) is 11.0. The third kappa shape index (κ3) is 3.54. The lowest BCUT2D eigenvalue weighted by atomic mass is 10.0. The number of aliphatic imine (C=N–C) groups is 1. The fraction of sp³-hybridized carbons (Fsp3) is 0.136.